The molecule has 0 bridgehead atoms. The van der Waals surface area contributed by atoms with E-state index in [0.29, 0.717) is 26.2 Å². The van der Waals surface area contributed by atoms with Gasteiger partial charge in [-0.15, -0.1) is 0 Å². The average Bonchev–Trinajstić information content (AvgIpc) is 2.39. The molecular weight excluding hydrogens is 264 g/mol. The Morgan fingerprint density at radius 1 is 1.00 bits per heavy atom. The second-order valence-electron chi connectivity index (χ2n) is 4.12. The Labute approximate surface area is 117 Å². The van der Waals surface area contributed by atoms with Crippen molar-refractivity contribution in [3.8, 4) is 0 Å². The summed E-state index contributed by atoms with van der Waals surface area (Å²) in [4.78, 5) is 12.1. The molecule has 0 radical (unpaired) electrons. The summed E-state index contributed by atoms with van der Waals surface area (Å²) in [7, 11) is -1.63. The molecule has 5 nitrogen and oxygen atoms in total. The summed E-state index contributed by atoms with van der Waals surface area (Å²) < 4.78 is 22.3. The van der Waals surface area contributed by atoms with Gasteiger partial charge < -0.3 is 18.0 Å². The Morgan fingerprint density at radius 2 is 1.47 bits per heavy atom. The van der Waals surface area contributed by atoms with E-state index in [1.807, 2.05) is 20.8 Å². The molecule has 0 saturated heterocycles. The Morgan fingerprint density at radius 3 is 1.79 bits per heavy atom. The molecule has 0 aliphatic rings. The van der Waals surface area contributed by atoms with Gasteiger partial charge >= 0.3 is 14.8 Å². The molecule has 0 aromatic heterocycles. The van der Waals surface area contributed by atoms with Gasteiger partial charge in [-0.2, -0.15) is 0 Å². The summed E-state index contributed by atoms with van der Waals surface area (Å²) in [6.07, 6.45) is 2.60. The van der Waals surface area contributed by atoms with Gasteiger partial charge in [0.2, 0.25) is 0 Å². The first-order chi connectivity index (χ1) is 9.11. The summed E-state index contributed by atoms with van der Waals surface area (Å²) >= 11 is 0. The highest BCUT2D eigenvalue weighted by Gasteiger charge is 2.53. The number of methoxy groups -OCH3 is 1. The monoisotopic (exact) mass is 292 g/mol. The molecular formula is C13H28O5Si. The predicted molar refractivity (Wildman–Crippen MR) is 75.9 cm³/mol. The van der Waals surface area contributed by atoms with Crippen molar-refractivity contribution in [3.63, 3.8) is 0 Å². The highest BCUT2D eigenvalue weighted by molar-refractivity contribution is 6.66. The zero-order valence-electron chi connectivity index (χ0n) is 12.9. The maximum atomic E-state index is 12.1. The van der Waals surface area contributed by atoms with Gasteiger partial charge in [0, 0.05) is 19.8 Å². The van der Waals surface area contributed by atoms with E-state index in [9.17, 15) is 4.79 Å². The van der Waals surface area contributed by atoms with Crippen LogP contribution in [0, 0.1) is 0 Å². The predicted octanol–water partition coefficient (Wildman–Crippen LogP) is 2.77. The fraction of sp³-hybridized carbons (Fsp3) is 0.923. The lowest BCUT2D eigenvalue weighted by molar-refractivity contribution is -0.142. The van der Waals surface area contributed by atoms with Gasteiger partial charge in [0.25, 0.3) is 0 Å². The molecule has 1 atom stereocenters. The van der Waals surface area contributed by atoms with Gasteiger partial charge in [-0.1, -0.05) is 19.8 Å². The minimum Gasteiger partial charge on any atom is -0.469 e. The lowest BCUT2D eigenvalue weighted by Crippen LogP contribution is -2.53. The number of rotatable bonds is 11. The molecule has 0 amide bonds. The van der Waals surface area contributed by atoms with E-state index in [1.165, 1.54) is 7.11 Å². The number of carbonyl (C=O) groups is 1. The number of esters is 1. The van der Waals surface area contributed by atoms with Crippen LogP contribution in [0.5, 0.6) is 0 Å². The van der Waals surface area contributed by atoms with Gasteiger partial charge in [-0.25, -0.2) is 0 Å². The van der Waals surface area contributed by atoms with Crippen LogP contribution in [0.3, 0.4) is 0 Å². The Hall–Kier alpha value is -0.433. The molecule has 0 aliphatic carbocycles. The lowest BCUT2D eigenvalue weighted by atomic mass is 10.2. The molecule has 114 valence electrons. The molecule has 0 fully saturated rings. The smallest absolute Gasteiger partial charge is 0.469 e. The molecule has 0 heterocycles. The Balaban J connectivity index is 5.21. The SMILES string of the molecule is CCCCC(C(=O)OC)[Si](OCC)(OCC)OCC. The quantitative estimate of drug-likeness (QED) is 0.433. The Kier molecular flexibility index (Phi) is 10.1. The van der Waals surface area contributed by atoms with Crippen LogP contribution in [-0.2, 0) is 22.8 Å². The minimum atomic E-state index is -3.02. The van der Waals surface area contributed by atoms with E-state index in [1.54, 1.807) is 0 Å². The third-order valence-electron chi connectivity index (χ3n) is 2.80. The van der Waals surface area contributed by atoms with Crippen molar-refractivity contribution in [2.45, 2.75) is 52.5 Å². The van der Waals surface area contributed by atoms with Gasteiger partial charge in [-0.3, -0.25) is 4.79 Å². The zero-order valence-corrected chi connectivity index (χ0v) is 13.9. The van der Waals surface area contributed by atoms with Gasteiger partial charge in [-0.05, 0) is 27.2 Å². The standard InChI is InChI=1S/C13H28O5Si/c1-6-10-11-12(13(14)15-5)19(16-7-2,17-8-3)18-9-4/h12H,6-11H2,1-5H3. The fourth-order valence-corrected chi connectivity index (χ4v) is 5.04. The number of hydrogen-bond donors (Lipinski definition) is 0. The third-order valence-corrected chi connectivity index (χ3v) is 6.25. The van der Waals surface area contributed by atoms with Gasteiger partial charge in [0.1, 0.15) is 5.54 Å². The van der Waals surface area contributed by atoms with E-state index in [-0.39, 0.29) is 5.97 Å². The van der Waals surface area contributed by atoms with Crippen LogP contribution in [0.1, 0.15) is 47.0 Å². The summed E-state index contributed by atoms with van der Waals surface area (Å²) in [6, 6.07) is 0. The van der Waals surface area contributed by atoms with Crippen LogP contribution >= 0.6 is 0 Å². The van der Waals surface area contributed by atoms with E-state index in [2.05, 4.69) is 6.92 Å². The second kappa shape index (κ2) is 10.4. The molecule has 0 N–H and O–H groups in total. The molecule has 19 heavy (non-hydrogen) atoms. The number of hydrogen-bond acceptors (Lipinski definition) is 5. The third kappa shape index (κ3) is 5.60. The minimum absolute atomic E-state index is 0.296. The summed E-state index contributed by atoms with van der Waals surface area (Å²) in [6.45, 7) is 9.12. The van der Waals surface area contributed by atoms with E-state index < -0.39 is 14.3 Å². The van der Waals surface area contributed by atoms with Crippen LogP contribution in [0.2, 0.25) is 5.54 Å². The highest BCUT2D eigenvalue weighted by atomic mass is 28.4. The van der Waals surface area contributed by atoms with Gasteiger partial charge in [0.05, 0.1) is 7.11 Å². The Bertz CT molecular complexity index is 230. The molecule has 0 aliphatic heterocycles. The summed E-state index contributed by atoms with van der Waals surface area (Å²) in [5.41, 5.74) is -0.433. The van der Waals surface area contributed by atoms with E-state index in [0.717, 1.165) is 12.8 Å². The number of ether oxygens (including phenoxy) is 1. The van der Waals surface area contributed by atoms with E-state index >= 15 is 0 Å². The maximum absolute atomic E-state index is 12.1. The summed E-state index contributed by atoms with van der Waals surface area (Å²) in [5, 5.41) is 0. The van der Waals surface area contributed by atoms with E-state index in [4.69, 9.17) is 18.0 Å². The zero-order chi connectivity index (χ0) is 14.7. The number of carbonyl (C=O) groups excluding carboxylic acids is 1. The number of unbranched alkanes of at least 4 members (excludes halogenated alkanes) is 1. The van der Waals surface area contributed by atoms with Crippen molar-refractivity contribution in [2.75, 3.05) is 26.9 Å². The van der Waals surface area contributed by atoms with Crippen molar-refractivity contribution in [1.29, 1.82) is 0 Å². The normalized spacial score (nSPS) is 13.3. The van der Waals surface area contributed by atoms with Crippen molar-refractivity contribution < 1.29 is 22.8 Å². The molecule has 1 unspecified atom stereocenters. The van der Waals surface area contributed by atoms with Crippen molar-refractivity contribution in [3.05, 3.63) is 0 Å². The average molecular weight is 292 g/mol. The van der Waals surface area contributed by atoms with Crippen LogP contribution in [0.15, 0.2) is 0 Å². The fourth-order valence-electron chi connectivity index (χ4n) is 2.02. The van der Waals surface area contributed by atoms with Gasteiger partial charge in [0.15, 0.2) is 0 Å². The van der Waals surface area contributed by atoms with Crippen LogP contribution in [0.25, 0.3) is 0 Å². The molecule has 6 heteroatoms. The lowest BCUT2D eigenvalue weighted by Gasteiger charge is -2.33. The second-order valence-corrected chi connectivity index (χ2v) is 6.89. The highest BCUT2D eigenvalue weighted by Crippen LogP contribution is 2.32. The maximum Gasteiger partial charge on any atom is 0.515 e. The van der Waals surface area contributed by atoms with Crippen molar-refractivity contribution in [2.24, 2.45) is 0 Å². The van der Waals surface area contributed by atoms with Crippen molar-refractivity contribution >= 4 is 14.8 Å². The largest absolute Gasteiger partial charge is 0.515 e. The first-order valence-electron chi connectivity index (χ1n) is 7.11. The molecule has 0 saturated carbocycles. The molecule has 0 aromatic rings. The summed E-state index contributed by atoms with van der Waals surface area (Å²) in [5.74, 6) is -0.296. The molecule has 0 spiro atoms. The molecule has 0 aromatic carbocycles. The van der Waals surface area contributed by atoms with Crippen LogP contribution in [0.4, 0.5) is 0 Å². The van der Waals surface area contributed by atoms with Crippen LogP contribution in [-0.4, -0.2) is 41.7 Å². The first-order valence-corrected chi connectivity index (χ1v) is 8.91. The first kappa shape index (κ1) is 18.6. The van der Waals surface area contributed by atoms with Crippen LogP contribution < -0.4 is 0 Å². The topological polar surface area (TPSA) is 54.0 Å². The van der Waals surface area contributed by atoms with Crippen molar-refractivity contribution in [1.82, 2.24) is 0 Å². The molecule has 0 rings (SSSR count).